The Bertz CT molecular complexity index is 880. The molecule has 0 spiro atoms. The van der Waals surface area contributed by atoms with Crippen LogP contribution in [-0.2, 0) is 18.5 Å². The molecule has 0 aliphatic carbocycles. The largest absolute Gasteiger partial charge is 0.486 e. The van der Waals surface area contributed by atoms with E-state index in [2.05, 4.69) is 15.1 Å². The second-order valence-corrected chi connectivity index (χ2v) is 7.64. The molecular weight excluding hydrogens is 432 g/mol. The molecule has 138 valence electrons. The first-order chi connectivity index (χ1) is 12.3. The Kier molecular flexibility index (Phi) is 5.96. The van der Waals surface area contributed by atoms with Crippen LogP contribution >= 0.6 is 46.3 Å². The summed E-state index contributed by atoms with van der Waals surface area (Å²) >= 11 is 14.2. The van der Waals surface area contributed by atoms with Gasteiger partial charge < -0.3 is 4.74 Å². The summed E-state index contributed by atoms with van der Waals surface area (Å²) in [5, 5.41) is 8.85. The van der Waals surface area contributed by atoms with Crippen molar-refractivity contribution in [1.82, 2.24) is 20.2 Å². The summed E-state index contributed by atoms with van der Waals surface area (Å²) in [4.78, 5) is 7.75. The average molecular weight is 441 g/mol. The molecule has 12 heteroatoms. The molecule has 26 heavy (non-hydrogen) atoms. The first kappa shape index (κ1) is 19.3. The Morgan fingerprint density at radius 3 is 2.54 bits per heavy atom. The summed E-state index contributed by atoms with van der Waals surface area (Å²) in [6.45, 7) is 0.227. The van der Waals surface area contributed by atoms with E-state index in [1.165, 1.54) is 11.3 Å². The van der Waals surface area contributed by atoms with Crippen LogP contribution in [-0.4, -0.2) is 20.2 Å². The lowest BCUT2D eigenvalue weighted by molar-refractivity contribution is -0.144. The van der Waals surface area contributed by atoms with Gasteiger partial charge in [0.1, 0.15) is 17.4 Å². The van der Waals surface area contributed by atoms with Crippen LogP contribution in [0.5, 0.6) is 5.75 Å². The third kappa shape index (κ3) is 5.26. The van der Waals surface area contributed by atoms with E-state index in [0.29, 0.717) is 32.2 Å². The number of H-pyrrole nitrogens is 1. The molecule has 0 amide bonds. The fraction of sp³-hybridized carbons (Fsp3) is 0.214. The van der Waals surface area contributed by atoms with Crippen LogP contribution in [0.15, 0.2) is 28.7 Å². The number of aromatic nitrogens is 4. The third-order valence-electron chi connectivity index (χ3n) is 2.88. The van der Waals surface area contributed by atoms with Crippen molar-refractivity contribution >= 4 is 46.3 Å². The van der Waals surface area contributed by atoms with Crippen molar-refractivity contribution in [1.29, 1.82) is 0 Å². The maximum absolute atomic E-state index is 12.5. The molecule has 0 saturated heterocycles. The summed E-state index contributed by atoms with van der Waals surface area (Å²) in [5.74, 6) is -0.254. The number of thiazole rings is 1. The first-order valence-electron chi connectivity index (χ1n) is 6.94. The first-order valence-corrected chi connectivity index (χ1v) is 9.56. The highest BCUT2D eigenvalue weighted by atomic mass is 35.5. The number of alkyl halides is 3. The molecule has 0 fully saturated rings. The summed E-state index contributed by atoms with van der Waals surface area (Å²) in [6.07, 6.45) is -4.54. The Hall–Kier alpha value is -1.49. The average Bonchev–Trinajstić information content (AvgIpc) is 3.19. The second kappa shape index (κ2) is 8.03. The minimum Gasteiger partial charge on any atom is -0.486 e. The lowest BCUT2D eigenvalue weighted by Gasteiger charge is -2.05. The van der Waals surface area contributed by atoms with E-state index in [0.717, 1.165) is 11.8 Å². The van der Waals surface area contributed by atoms with Crippen molar-refractivity contribution in [3.8, 4) is 5.75 Å². The number of thioether (sulfide) groups is 1. The quantitative estimate of drug-likeness (QED) is 0.515. The normalized spacial score (nSPS) is 11.7. The van der Waals surface area contributed by atoms with Crippen molar-refractivity contribution in [2.24, 2.45) is 0 Å². The lowest BCUT2D eigenvalue weighted by atomic mass is 10.3. The van der Waals surface area contributed by atoms with Gasteiger partial charge in [-0.05, 0) is 18.2 Å². The van der Waals surface area contributed by atoms with E-state index in [4.69, 9.17) is 27.9 Å². The summed E-state index contributed by atoms with van der Waals surface area (Å²) in [5.41, 5.74) is 0.695. The minimum absolute atomic E-state index is 0.0108. The molecule has 0 saturated carbocycles. The molecular formula is C14H9Cl2F3N4OS2. The van der Waals surface area contributed by atoms with Gasteiger partial charge in [0.05, 0.1) is 5.69 Å². The smallest absolute Gasteiger partial charge is 0.451 e. The van der Waals surface area contributed by atoms with E-state index >= 15 is 0 Å². The van der Waals surface area contributed by atoms with Crippen molar-refractivity contribution in [2.45, 2.75) is 23.7 Å². The maximum atomic E-state index is 12.5. The van der Waals surface area contributed by atoms with Crippen molar-refractivity contribution < 1.29 is 17.9 Å². The van der Waals surface area contributed by atoms with Gasteiger partial charge in [0.2, 0.25) is 11.0 Å². The van der Waals surface area contributed by atoms with Crippen molar-refractivity contribution in [2.75, 3.05) is 0 Å². The Morgan fingerprint density at radius 2 is 1.88 bits per heavy atom. The standard InChI is InChI=1S/C14H9Cl2F3N4OS2/c15-7-1-8(16)3-10(2-7)24-4-11-20-9(5-25-11)6-26-13-21-12(22-23-13)14(17,18)19/h1-3,5H,4,6H2,(H,21,22,23). The Morgan fingerprint density at radius 1 is 1.15 bits per heavy atom. The molecule has 5 nitrogen and oxygen atoms in total. The van der Waals surface area contributed by atoms with Gasteiger partial charge in [-0.3, -0.25) is 5.10 Å². The number of halogens is 5. The number of ether oxygens (including phenoxy) is 1. The van der Waals surface area contributed by atoms with Gasteiger partial charge in [-0.2, -0.15) is 18.2 Å². The Balaban J connectivity index is 1.54. The number of nitrogens with one attached hydrogen (secondary N) is 1. The summed E-state index contributed by atoms with van der Waals surface area (Å²) < 4.78 is 43.0. The number of hydrogen-bond acceptors (Lipinski definition) is 6. The highest BCUT2D eigenvalue weighted by molar-refractivity contribution is 7.98. The molecule has 0 aliphatic heterocycles. The van der Waals surface area contributed by atoms with E-state index in [9.17, 15) is 13.2 Å². The van der Waals surface area contributed by atoms with Crippen LogP contribution < -0.4 is 4.74 Å². The van der Waals surface area contributed by atoms with E-state index in [1.54, 1.807) is 23.6 Å². The highest BCUT2D eigenvalue weighted by Crippen LogP contribution is 2.29. The van der Waals surface area contributed by atoms with Gasteiger partial charge in [0, 0.05) is 21.2 Å². The lowest BCUT2D eigenvalue weighted by Crippen LogP contribution is -2.07. The number of hydrogen-bond donors (Lipinski definition) is 1. The van der Waals surface area contributed by atoms with Crippen LogP contribution in [0, 0.1) is 0 Å². The van der Waals surface area contributed by atoms with Crippen LogP contribution in [0.4, 0.5) is 13.2 Å². The monoisotopic (exact) mass is 440 g/mol. The number of nitrogens with zero attached hydrogens (tertiary/aromatic N) is 3. The predicted molar refractivity (Wildman–Crippen MR) is 93.9 cm³/mol. The molecule has 1 N–H and O–H groups in total. The van der Waals surface area contributed by atoms with Crippen LogP contribution in [0.3, 0.4) is 0 Å². The minimum atomic E-state index is -4.54. The topological polar surface area (TPSA) is 63.7 Å². The van der Waals surface area contributed by atoms with Crippen molar-refractivity contribution in [3.63, 3.8) is 0 Å². The predicted octanol–water partition coefficient (Wildman–Crippen LogP) is 5.46. The molecule has 0 radical (unpaired) electrons. The molecule has 1 aromatic carbocycles. The molecule has 0 atom stereocenters. The highest BCUT2D eigenvalue weighted by Gasteiger charge is 2.35. The van der Waals surface area contributed by atoms with Gasteiger partial charge >= 0.3 is 6.18 Å². The molecule has 0 aliphatic rings. The number of rotatable bonds is 6. The molecule has 2 aromatic heterocycles. The van der Waals surface area contributed by atoms with Crippen LogP contribution in [0.2, 0.25) is 10.0 Å². The van der Waals surface area contributed by atoms with E-state index in [1.807, 2.05) is 5.10 Å². The second-order valence-electron chi connectivity index (χ2n) is 4.88. The third-order valence-corrected chi connectivity index (χ3v) is 5.07. The molecule has 3 rings (SSSR count). The van der Waals surface area contributed by atoms with E-state index < -0.39 is 12.0 Å². The molecule has 3 aromatic rings. The Labute approximate surface area is 163 Å². The van der Waals surface area contributed by atoms with Gasteiger partial charge in [-0.25, -0.2) is 4.98 Å². The maximum Gasteiger partial charge on any atom is 0.451 e. The number of aromatic amines is 1. The van der Waals surface area contributed by atoms with Gasteiger partial charge in [0.25, 0.3) is 0 Å². The fourth-order valence-electron chi connectivity index (χ4n) is 1.81. The molecule has 0 unspecified atom stereocenters. The van der Waals surface area contributed by atoms with Gasteiger partial charge in [-0.15, -0.1) is 16.4 Å². The SMILES string of the molecule is FC(F)(F)c1nc(SCc2csc(COc3cc(Cl)cc(Cl)c3)n2)n[nH]1. The molecule has 0 bridgehead atoms. The summed E-state index contributed by atoms with van der Waals surface area (Å²) in [6, 6.07) is 4.88. The van der Waals surface area contributed by atoms with Crippen molar-refractivity contribution in [3.05, 3.63) is 50.2 Å². The number of benzene rings is 1. The fourth-order valence-corrected chi connectivity index (χ4v) is 3.82. The zero-order valence-corrected chi connectivity index (χ0v) is 15.8. The zero-order valence-electron chi connectivity index (χ0n) is 12.7. The molecule has 2 heterocycles. The van der Waals surface area contributed by atoms with E-state index in [-0.39, 0.29) is 11.8 Å². The van der Waals surface area contributed by atoms with Crippen LogP contribution in [0.1, 0.15) is 16.5 Å². The zero-order chi connectivity index (χ0) is 18.7. The summed E-state index contributed by atoms with van der Waals surface area (Å²) in [7, 11) is 0. The van der Waals surface area contributed by atoms with Crippen LogP contribution in [0.25, 0.3) is 0 Å². The van der Waals surface area contributed by atoms with Gasteiger partial charge in [0.15, 0.2) is 0 Å². The van der Waals surface area contributed by atoms with Gasteiger partial charge in [-0.1, -0.05) is 35.0 Å².